The molecule has 0 aliphatic rings. The van der Waals surface area contributed by atoms with E-state index in [-0.39, 0.29) is 6.54 Å². The van der Waals surface area contributed by atoms with Crippen LogP contribution >= 0.6 is 23.2 Å². The van der Waals surface area contributed by atoms with Crippen LogP contribution in [0.4, 0.5) is 0 Å². The number of carbonyl (C=O) groups is 2. The summed E-state index contributed by atoms with van der Waals surface area (Å²) >= 11 is 12.0. The fourth-order valence-corrected chi connectivity index (χ4v) is 3.57. The van der Waals surface area contributed by atoms with Crippen molar-refractivity contribution in [3.05, 3.63) is 87.4 Å². The van der Waals surface area contributed by atoms with Gasteiger partial charge in [0.1, 0.15) is 12.4 Å². The molecule has 0 radical (unpaired) electrons. The minimum atomic E-state index is -0.863. The van der Waals surface area contributed by atoms with Gasteiger partial charge in [0.15, 0.2) is 11.5 Å². The number of halogens is 2. The Morgan fingerprint density at radius 1 is 0.917 bits per heavy atom. The Balaban J connectivity index is 1.41. The number of hydrazone groups is 1. The summed E-state index contributed by atoms with van der Waals surface area (Å²) in [5.74, 6) is 0.207. The summed E-state index contributed by atoms with van der Waals surface area (Å²) in [5, 5.41) is 7.48. The summed E-state index contributed by atoms with van der Waals surface area (Å²) in [4.78, 5) is 24.0. The van der Waals surface area contributed by atoms with Crippen LogP contribution in [0.3, 0.4) is 0 Å². The first-order chi connectivity index (χ1) is 17.4. The number of hydrogen-bond acceptors (Lipinski definition) is 6. The lowest BCUT2D eigenvalue weighted by Crippen LogP contribution is -2.38. The average molecular weight is 530 g/mol. The molecule has 0 saturated heterocycles. The molecule has 3 aromatic carbocycles. The van der Waals surface area contributed by atoms with E-state index in [1.54, 1.807) is 62.8 Å². The van der Waals surface area contributed by atoms with Gasteiger partial charge in [-0.3, -0.25) is 9.59 Å². The van der Waals surface area contributed by atoms with E-state index in [1.165, 1.54) is 6.21 Å². The molecule has 0 unspecified atom stereocenters. The molecule has 3 rings (SSSR count). The third-order valence-electron chi connectivity index (χ3n) is 5.02. The third kappa shape index (κ3) is 7.90. The van der Waals surface area contributed by atoms with Crippen molar-refractivity contribution in [2.24, 2.45) is 5.10 Å². The lowest BCUT2D eigenvalue weighted by Gasteiger charge is -2.10. The average Bonchev–Trinajstić information content (AvgIpc) is 2.88. The fraction of sp³-hybridized carbons (Fsp3) is 0.192. The van der Waals surface area contributed by atoms with Gasteiger partial charge in [-0.05, 0) is 66.1 Å². The van der Waals surface area contributed by atoms with Gasteiger partial charge in [-0.25, -0.2) is 5.43 Å². The van der Waals surface area contributed by atoms with Crippen molar-refractivity contribution in [1.82, 2.24) is 10.7 Å². The highest BCUT2D eigenvalue weighted by Gasteiger charge is 2.12. The monoisotopic (exact) mass is 529 g/mol. The second-order valence-corrected chi connectivity index (χ2v) is 8.33. The SMILES string of the molecule is COc1ccc(CCNC(=O)C(=O)NN=Cc2ccc(OCc3ccc(Cl)cc3Cl)cc2)cc1OC. The van der Waals surface area contributed by atoms with Crippen molar-refractivity contribution < 1.29 is 23.8 Å². The standard InChI is InChI=1S/C26H25Cl2N3O5/c1-34-23-10-5-17(13-24(23)35-2)11-12-29-25(32)26(33)31-30-15-18-3-8-21(9-4-18)36-16-19-6-7-20(27)14-22(19)28/h3-10,13-15H,11-12,16H2,1-2H3,(H,29,32)(H,31,33). The molecule has 0 bridgehead atoms. The molecule has 0 aliphatic heterocycles. The zero-order valence-electron chi connectivity index (χ0n) is 19.7. The van der Waals surface area contributed by atoms with Crippen LogP contribution in [-0.2, 0) is 22.6 Å². The summed E-state index contributed by atoms with van der Waals surface area (Å²) in [5.41, 5.74) is 4.66. The number of amides is 2. The Bertz CT molecular complexity index is 1230. The quantitative estimate of drug-likeness (QED) is 0.230. The summed E-state index contributed by atoms with van der Waals surface area (Å²) in [6.07, 6.45) is 1.94. The van der Waals surface area contributed by atoms with Gasteiger partial charge >= 0.3 is 11.8 Å². The topological polar surface area (TPSA) is 98.2 Å². The molecule has 36 heavy (non-hydrogen) atoms. The first-order valence-corrected chi connectivity index (χ1v) is 11.6. The molecule has 0 fully saturated rings. The van der Waals surface area contributed by atoms with Gasteiger partial charge in [0, 0.05) is 22.2 Å². The lowest BCUT2D eigenvalue weighted by molar-refractivity contribution is -0.139. The molecule has 0 spiro atoms. The molecule has 0 aromatic heterocycles. The highest BCUT2D eigenvalue weighted by atomic mass is 35.5. The Hall–Kier alpha value is -3.75. The van der Waals surface area contributed by atoms with Gasteiger partial charge in [0.2, 0.25) is 0 Å². The maximum absolute atomic E-state index is 12.0. The number of rotatable bonds is 10. The number of nitrogens with one attached hydrogen (secondary N) is 2. The second kappa shape index (κ2) is 13.4. The predicted octanol–water partition coefficient (Wildman–Crippen LogP) is 4.40. The fourth-order valence-electron chi connectivity index (χ4n) is 3.10. The molecule has 0 aliphatic carbocycles. The normalized spacial score (nSPS) is 10.7. The third-order valence-corrected chi connectivity index (χ3v) is 5.61. The van der Waals surface area contributed by atoms with Gasteiger partial charge in [0.05, 0.1) is 20.4 Å². The zero-order chi connectivity index (χ0) is 25.9. The molecule has 188 valence electrons. The molecule has 0 atom stereocenters. The highest BCUT2D eigenvalue weighted by molar-refractivity contribution is 6.35. The number of hydrogen-bond donors (Lipinski definition) is 2. The maximum atomic E-state index is 12.0. The van der Waals surface area contributed by atoms with E-state index in [0.717, 1.165) is 11.1 Å². The van der Waals surface area contributed by atoms with E-state index in [0.29, 0.717) is 45.9 Å². The van der Waals surface area contributed by atoms with E-state index < -0.39 is 11.8 Å². The van der Waals surface area contributed by atoms with Crippen LogP contribution < -0.4 is 25.0 Å². The molecule has 10 heteroatoms. The number of benzene rings is 3. The predicted molar refractivity (Wildman–Crippen MR) is 139 cm³/mol. The summed E-state index contributed by atoms with van der Waals surface area (Å²) in [6, 6.07) is 17.7. The molecule has 0 heterocycles. The lowest BCUT2D eigenvalue weighted by atomic mass is 10.1. The Labute approximate surface area is 219 Å². The Morgan fingerprint density at radius 3 is 2.36 bits per heavy atom. The summed E-state index contributed by atoms with van der Waals surface area (Å²) < 4.78 is 16.2. The number of nitrogens with zero attached hydrogens (tertiary/aromatic N) is 1. The molecule has 8 nitrogen and oxygen atoms in total. The van der Waals surface area contributed by atoms with E-state index in [2.05, 4.69) is 15.8 Å². The van der Waals surface area contributed by atoms with Gasteiger partial charge in [-0.1, -0.05) is 35.3 Å². The molecule has 2 N–H and O–H groups in total. The highest BCUT2D eigenvalue weighted by Crippen LogP contribution is 2.27. The van der Waals surface area contributed by atoms with Gasteiger partial charge in [-0.15, -0.1) is 0 Å². The van der Waals surface area contributed by atoms with Crippen LogP contribution in [0.15, 0.2) is 65.8 Å². The van der Waals surface area contributed by atoms with Crippen LogP contribution in [-0.4, -0.2) is 38.8 Å². The number of methoxy groups -OCH3 is 2. The summed E-state index contributed by atoms with van der Waals surface area (Å²) in [7, 11) is 3.11. The first-order valence-electron chi connectivity index (χ1n) is 10.9. The van der Waals surface area contributed by atoms with Crippen LogP contribution in [0.2, 0.25) is 10.0 Å². The first kappa shape index (κ1) is 26.8. The minimum Gasteiger partial charge on any atom is -0.493 e. The van der Waals surface area contributed by atoms with Crippen molar-refractivity contribution >= 4 is 41.2 Å². The van der Waals surface area contributed by atoms with Crippen LogP contribution in [0, 0.1) is 0 Å². The Morgan fingerprint density at radius 2 is 1.67 bits per heavy atom. The second-order valence-electron chi connectivity index (χ2n) is 7.49. The van der Waals surface area contributed by atoms with Gasteiger partial charge in [0.25, 0.3) is 0 Å². The molecule has 2 amide bonds. The van der Waals surface area contributed by atoms with Gasteiger partial charge in [-0.2, -0.15) is 5.10 Å². The van der Waals surface area contributed by atoms with Gasteiger partial charge < -0.3 is 19.5 Å². The van der Waals surface area contributed by atoms with E-state index in [9.17, 15) is 9.59 Å². The number of ether oxygens (including phenoxy) is 3. The van der Waals surface area contributed by atoms with Crippen molar-refractivity contribution in [2.45, 2.75) is 13.0 Å². The van der Waals surface area contributed by atoms with E-state index in [1.807, 2.05) is 12.1 Å². The zero-order valence-corrected chi connectivity index (χ0v) is 21.2. The van der Waals surface area contributed by atoms with Crippen LogP contribution in [0.5, 0.6) is 17.2 Å². The minimum absolute atomic E-state index is 0.272. The summed E-state index contributed by atoms with van der Waals surface area (Å²) in [6.45, 7) is 0.564. The molecule has 0 saturated carbocycles. The van der Waals surface area contributed by atoms with Crippen molar-refractivity contribution in [3.63, 3.8) is 0 Å². The maximum Gasteiger partial charge on any atom is 0.329 e. The van der Waals surface area contributed by atoms with E-state index >= 15 is 0 Å². The number of carbonyl (C=O) groups excluding carboxylic acids is 2. The molecular formula is C26H25Cl2N3O5. The van der Waals surface area contributed by atoms with Crippen molar-refractivity contribution in [2.75, 3.05) is 20.8 Å². The van der Waals surface area contributed by atoms with Crippen molar-refractivity contribution in [1.29, 1.82) is 0 Å². The molecular weight excluding hydrogens is 505 g/mol. The van der Waals surface area contributed by atoms with Crippen LogP contribution in [0.1, 0.15) is 16.7 Å². The smallest absolute Gasteiger partial charge is 0.329 e. The largest absolute Gasteiger partial charge is 0.493 e. The van der Waals surface area contributed by atoms with Crippen molar-refractivity contribution in [3.8, 4) is 17.2 Å². The Kier molecular flexibility index (Phi) is 9.97. The van der Waals surface area contributed by atoms with Crippen LogP contribution in [0.25, 0.3) is 0 Å². The molecule has 3 aromatic rings. The van der Waals surface area contributed by atoms with E-state index in [4.69, 9.17) is 37.4 Å².